The molecular weight excluding hydrogens is 1550 g/mol. The molecule has 23 N–H and O–H groups in total. The lowest BCUT2D eigenvalue weighted by Gasteiger charge is -2.29. The SMILES string of the molecule is CC(C)CCCCC(=O)N[C@@H](CCNCS(=O)(=O)O)C(=O)N[C@H](C(=O)N[C@@H](CCNCS(=O)(=O)O)C(=O)N[C@H]1CCNC(=O)[C@H]([C@@H](C)O)NC(=O)[C@H](CCNCS(=O)(=O)O)NC(=O)[C@H](CCNCS(=O)(=O)O)NC(=O)[C@H](CC(C)C)NC(=O)[C@@H](Cc2ccccc2)NC(=O)[C@H](CCNCS(=O)(=O)O)NC1=O)[C@@H](C)O. The van der Waals surface area contributed by atoms with Crippen LogP contribution in [0.1, 0.15) is 118 Å². The lowest BCUT2D eigenvalue weighted by molar-refractivity contribution is -0.137. The average molecular weight is 1660 g/mol. The van der Waals surface area contributed by atoms with Crippen molar-refractivity contribution in [1.29, 1.82) is 0 Å². The van der Waals surface area contributed by atoms with Gasteiger partial charge in [0.05, 0.1) is 12.2 Å². The Morgan fingerprint density at radius 1 is 0.450 bits per heavy atom. The Morgan fingerprint density at radius 3 is 1.28 bits per heavy atom. The summed E-state index contributed by atoms with van der Waals surface area (Å²) in [6, 6.07) is -11.0. The number of hydrogen-bond donors (Lipinski definition) is 23. The first kappa shape index (κ1) is 97.7. The van der Waals surface area contributed by atoms with E-state index in [0.29, 0.717) is 24.3 Å². The Kier molecular flexibility index (Phi) is 42.8. The van der Waals surface area contributed by atoms with Gasteiger partial charge in [-0.05, 0) is 115 Å². The maximum Gasteiger partial charge on any atom is 0.278 e. The van der Waals surface area contributed by atoms with Crippen LogP contribution in [0.5, 0.6) is 0 Å². The summed E-state index contributed by atoms with van der Waals surface area (Å²) in [5.74, 6) is -18.9. The molecule has 0 radical (unpaired) electrons. The number of hydrogen-bond acceptors (Lipinski definition) is 28. The van der Waals surface area contributed by atoms with Crippen LogP contribution in [-0.4, -0.2) is 281 Å². The van der Waals surface area contributed by atoms with Crippen molar-refractivity contribution in [2.45, 2.75) is 191 Å². The summed E-state index contributed by atoms with van der Waals surface area (Å²) in [6.07, 6.45) is -6.44. The normalized spacial score (nSPS) is 21.0. The topological polar surface area (TPSA) is 693 Å². The second-order valence-corrected chi connectivity index (χ2v) is 33.9. The molecule has 0 spiro atoms. The number of amides is 11. The van der Waals surface area contributed by atoms with E-state index in [1.807, 2.05) is 13.8 Å². The Hall–Kier alpha value is -7.34. The summed E-state index contributed by atoms with van der Waals surface area (Å²) < 4.78 is 164. The highest BCUT2D eigenvalue weighted by Gasteiger charge is 2.38. The summed E-state index contributed by atoms with van der Waals surface area (Å²) >= 11 is 0. The van der Waals surface area contributed by atoms with Crippen LogP contribution in [0.15, 0.2) is 30.3 Å². The van der Waals surface area contributed by atoms with Crippen LogP contribution in [0.25, 0.3) is 0 Å². The molecule has 49 heteroatoms. The highest BCUT2D eigenvalue weighted by Crippen LogP contribution is 2.13. The number of unbranched alkanes of at least 4 members (excludes halogenated alkanes) is 1. The number of rotatable bonds is 43. The van der Waals surface area contributed by atoms with Gasteiger partial charge in [-0.2, -0.15) is 42.1 Å². The first-order valence-corrected chi connectivity index (χ1v) is 42.6. The van der Waals surface area contributed by atoms with E-state index >= 15 is 4.79 Å². The molecule has 1 fully saturated rings. The van der Waals surface area contributed by atoms with Gasteiger partial charge in [-0.15, -0.1) is 0 Å². The van der Waals surface area contributed by atoms with Gasteiger partial charge in [-0.25, -0.2) is 0 Å². The standard InChI is InChI=1S/C60H106N16O28S5/c1-35(2)12-10-11-15-48(79)67-40(16-22-61-30-105(90,91)92)55(84)76-50(38(6)78)60(89)72-43(19-25-64-33-108(99,100)101)52(81)70-45-21-27-66-59(88)49(37(5)77)75-56(85)44(20-26-65-34-109(102,103)104)69-51(80)41(17-23-62-31-106(93,94)95)71-57(86)46(28-36(3)4)73-58(87)47(29-39-13-8-7-9-14-39)74-54(83)42(68-53(45)82)18-24-63-32-107(96,97)98/h7-9,13-14,35-38,40-47,49-50,61-65,77-78H,10-12,15-34H2,1-6H3,(H,66,88)(H,67,79)(H,68,82)(H,69,80)(H,70,81)(H,71,86)(H,72,89)(H,73,87)(H,74,83)(H,75,85)(H,76,84)(H,90,91,92)(H,93,94,95)(H,96,97,98)(H,99,100,101)(H,102,103,104)/t37-,38-,40+,41+,42+,43+,44+,45+,46+,47-,49+,50+/m1/s1. The van der Waals surface area contributed by atoms with Crippen LogP contribution in [-0.2, 0) is 110 Å². The average Bonchev–Trinajstić information content (AvgIpc) is 1.16. The second kappa shape index (κ2) is 47.8. The van der Waals surface area contributed by atoms with E-state index in [0.717, 1.165) is 20.3 Å². The number of aliphatic hydroxyl groups is 2. The number of benzene rings is 1. The van der Waals surface area contributed by atoms with E-state index < -0.39 is 301 Å². The molecule has 1 saturated heterocycles. The Bertz CT molecular complexity index is 3770. The van der Waals surface area contributed by atoms with Crippen molar-refractivity contribution in [1.82, 2.24) is 85.1 Å². The van der Waals surface area contributed by atoms with Crippen LogP contribution >= 0.6 is 0 Å². The minimum Gasteiger partial charge on any atom is -0.391 e. The van der Waals surface area contributed by atoms with Crippen molar-refractivity contribution in [3.05, 3.63) is 35.9 Å². The molecule has 1 aromatic rings. The van der Waals surface area contributed by atoms with Crippen molar-refractivity contribution >= 4 is 116 Å². The molecule has 0 saturated carbocycles. The molecule has 1 heterocycles. The maximum absolute atomic E-state index is 15.0. The van der Waals surface area contributed by atoms with Crippen molar-refractivity contribution in [3.8, 4) is 0 Å². The highest BCUT2D eigenvalue weighted by molar-refractivity contribution is 7.86. The van der Waals surface area contributed by atoms with Crippen LogP contribution in [0.3, 0.4) is 0 Å². The summed E-state index contributed by atoms with van der Waals surface area (Å²) in [4.78, 5) is 159. The predicted molar refractivity (Wildman–Crippen MR) is 388 cm³/mol. The fourth-order valence-electron chi connectivity index (χ4n) is 10.4. The van der Waals surface area contributed by atoms with Gasteiger partial charge in [0.25, 0.3) is 50.6 Å². The van der Waals surface area contributed by atoms with Gasteiger partial charge in [-0.3, -0.25) is 75.5 Å². The molecule has 1 aliphatic rings. The smallest absolute Gasteiger partial charge is 0.278 e. The van der Waals surface area contributed by atoms with E-state index in [2.05, 4.69) is 85.1 Å². The van der Waals surface area contributed by atoms with Gasteiger partial charge in [0.1, 0.15) is 89.8 Å². The molecule has 12 atom stereocenters. The molecule has 0 aliphatic carbocycles. The van der Waals surface area contributed by atoms with Crippen LogP contribution in [0.2, 0.25) is 0 Å². The number of nitrogens with one attached hydrogen (secondary N) is 16. The van der Waals surface area contributed by atoms with Crippen LogP contribution in [0.4, 0.5) is 0 Å². The largest absolute Gasteiger partial charge is 0.391 e. The molecule has 2 rings (SSSR count). The third kappa shape index (κ3) is 43.7. The highest BCUT2D eigenvalue weighted by atomic mass is 32.2. The van der Waals surface area contributed by atoms with E-state index in [4.69, 9.17) is 0 Å². The van der Waals surface area contributed by atoms with E-state index in [1.165, 1.54) is 12.1 Å². The number of carbonyl (C=O) groups is 11. The van der Waals surface area contributed by atoms with Gasteiger partial charge < -0.3 is 95.3 Å². The summed E-state index contributed by atoms with van der Waals surface area (Å²) in [7, 11) is -23.5. The van der Waals surface area contributed by atoms with Crippen molar-refractivity contribution in [3.63, 3.8) is 0 Å². The molecule has 1 aliphatic heterocycles. The molecule has 11 amide bonds. The minimum atomic E-state index is -4.78. The Morgan fingerprint density at radius 2 is 0.853 bits per heavy atom. The van der Waals surface area contributed by atoms with Gasteiger partial charge >= 0.3 is 0 Å². The second-order valence-electron chi connectivity index (χ2n) is 26.6. The lowest BCUT2D eigenvalue weighted by Crippen LogP contribution is -2.62. The quantitative estimate of drug-likeness (QED) is 0.0213. The first-order valence-electron chi connectivity index (χ1n) is 34.5. The maximum atomic E-state index is 15.0. The summed E-state index contributed by atoms with van der Waals surface area (Å²) in [5, 5.41) is 59.8. The van der Waals surface area contributed by atoms with E-state index in [9.17, 15) is 123 Å². The number of carbonyl (C=O) groups excluding carboxylic acids is 11. The zero-order chi connectivity index (χ0) is 82.6. The molecular formula is C60H106N16O28S5. The molecule has 0 unspecified atom stereocenters. The zero-order valence-corrected chi connectivity index (χ0v) is 65.1. The van der Waals surface area contributed by atoms with Crippen molar-refractivity contribution in [2.24, 2.45) is 11.8 Å². The third-order valence-electron chi connectivity index (χ3n) is 15.8. The molecule has 44 nitrogen and oxygen atoms in total. The minimum absolute atomic E-state index is 0.0919. The van der Waals surface area contributed by atoms with Crippen LogP contribution in [0, 0.1) is 11.8 Å². The predicted octanol–water partition coefficient (Wildman–Crippen LogP) is -8.25. The van der Waals surface area contributed by atoms with E-state index in [-0.39, 0.29) is 19.4 Å². The van der Waals surface area contributed by atoms with Gasteiger partial charge in [0.2, 0.25) is 65.0 Å². The third-order valence-corrected chi connectivity index (χ3v) is 18.7. The Balaban J connectivity index is 3.02. The van der Waals surface area contributed by atoms with Gasteiger partial charge in [0, 0.05) is 19.4 Å². The van der Waals surface area contributed by atoms with Gasteiger partial charge in [-0.1, -0.05) is 70.9 Å². The molecule has 0 aromatic heterocycles. The molecule has 624 valence electrons. The lowest BCUT2D eigenvalue weighted by atomic mass is 10.00. The summed E-state index contributed by atoms with van der Waals surface area (Å²) in [6.45, 7) is 5.85. The number of aliphatic hydroxyl groups excluding tert-OH is 2. The molecule has 1 aromatic carbocycles. The fraction of sp³-hybridized carbons (Fsp3) is 0.717. The molecule has 0 bridgehead atoms. The van der Waals surface area contributed by atoms with Crippen molar-refractivity contribution < 1.29 is 128 Å². The van der Waals surface area contributed by atoms with Gasteiger partial charge in [0.15, 0.2) is 0 Å². The first-order chi connectivity index (χ1) is 50.5. The summed E-state index contributed by atoms with van der Waals surface area (Å²) in [5.41, 5.74) is 0.362. The van der Waals surface area contributed by atoms with Crippen LogP contribution < -0.4 is 85.1 Å². The zero-order valence-electron chi connectivity index (χ0n) is 61.0. The Labute approximate surface area is 632 Å². The van der Waals surface area contributed by atoms with E-state index in [1.54, 1.807) is 32.0 Å². The fourth-order valence-corrected chi connectivity index (χ4v) is 12.4. The van der Waals surface area contributed by atoms with Crippen molar-refractivity contribution in [2.75, 3.05) is 68.7 Å². The monoisotopic (exact) mass is 1660 g/mol. The molecule has 109 heavy (non-hydrogen) atoms.